The van der Waals surface area contributed by atoms with Gasteiger partial charge in [0.25, 0.3) is 0 Å². The lowest BCUT2D eigenvalue weighted by Crippen LogP contribution is -2.48. The fourth-order valence-electron chi connectivity index (χ4n) is 3.28. The Labute approximate surface area is 112 Å². The molecule has 0 amide bonds. The van der Waals surface area contributed by atoms with Crippen molar-refractivity contribution in [2.75, 3.05) is 66.5 Å². The monoisotopic (exact) mass is 254 g/mol. The maximum absolute atomic E-state index is 6.03. The molecule has 4 heteroatoms. The van der Waals surface area contributed by atoms with Crippen molar-refractivity contribution in [1.29, 1.82) is 0 Å². The molecule has 2 saturated heterocycles. The minimum Gasteiger partial charge on any atom is -0.330 e. The second-order valence-corrected chi connectivity index (χ2v) is 6.24. The maximum Gasteiger partial charge on any atom is 0.0110 e. The molecule has 0 aromatic rings. The molecule has 2 fully saturated rings. The fraction of sp³-hybridized carbons (Fsp3) is 1.00. The third-order valence-corrected chi connectivity index (χ3v) is 4.82. The van der Waals surface area contributed by atoms with Crippen molar-refractivity contribution in [3.63, 3.8) is 0 Å². The Morgan fingerprint density at radius 3 is 2.06 bits per heavy atom. The van der Waals surface area contributed by atoms with Crippen LogP contribution in [-0.4, -0.2) is 81.2 Å². The van der Waals surface area contributed by atoms with E-state index in [-0.39, 0.29) is 0 Å². The van der Waals surface area contributed by atoms with Crippen LogP contribution in [0.15, 0.2) is 0 Å². The van der Waals surface area contributed by atoms with Crippen LogP contribution in [-0.2, 0) is 0 Å². The van der Waals surface area contributed by atoms with Gasteiger partial charge >= 0.3 is 0 Å². The molecule has 0 aliphatic carbocycles. The van der Waals surface area contributed by atoms with Crippen molar-refractivity contribution >= 4 is 0 Å². The molecule has 1 unspecified atom stereocenters. The molecule has 2 N–H and O–H groups in total. The molecule has 18 heavy (non-hydrogen) atoms. The van der Waals surface area contributed by atoms with Gasteiger partial charge in [-0.2, -0.15) is 0 Å². The summed E-state index contributed by atoms with van der Waals surface area (Å²) >= 11 is 0. The number of piperazine rings is 1. The highest BCUT2D eigenvalue weighted by molar-refractivity contribution is 4.81. The Kier molecular flexibility index (Phi) is 5.42. The van der Waals surface area contributed by atoms with Gasteiger partial charge in [0.15, 0.2) is 0 Å². The van der Waals surface area contributed by atoms with Crippen LogP contribution in [0.25, 0.3) is 0 Å². The second-order valence-electron chi connectivity index (χ2n) is 6.24. The van der Waals surface area contributed by atoms with Crippen molar-refractivity contribution in [2.45, 2.75) is 12.8 Å². The van der Waals surface area contributed by atoms with Gasteiger partial charge in [0.05, 0.1) is 0 Å². The highest BCUT2D eigenvalue weighted by atomic mass is 15.2. The molecule has 4 nitrogen and oxygen atoms in total. The summed E-state index contributed by atoms with van der Waals surface area (Å²) in [5.41, 5.74) is 6.03. The first-order valence-corrected chi connectivity index (χ1v) is 7.48. The molecule has 0 spiro atoms. The quantitative estimate of drug-likeness (QED) is 0.775. The Morgan fingerprint density at radius 2 is 1.50 bits per heavy atom. The topological polar surface area (TPSA) is 35.7 Å². The Morgan fingerprint density at radius 1 is 0.944 bits per heavy atom. The first-order chi connectivity index (χ1) is 8.69. The van der Waals surface area contributed by atoms with Gasteiger partial charge < -0.3 is 20.4 Å². The van der Waals surface area contributed by atoms with E-state index in [0.29, 0.717) is 5.92 Å². The van der Waals surface area contributed by atoms with Gasteiger partial charge in [-0.1, -0.05) is 0 Å². The molecule has 0 aromatic heterocycles. The van der Waals surface area contributed by atoms with E-state index in [1.165, 1.54) is 58.7 Å². The zero-order chi connectivity index (χ0) is 13.0. The molecule has 0 saturated carbocycles. The van der Waals surface area contributed by atoms with E-state index in [9.17, 15) is 0 Å². The Balaban J connectivity index is 1.78. The van der Waals surface area contributed by atoms with Crippen molar-refractivity contribution < 1.29 is 0 Å². The van der Waals surface area contributed by atoms with Crippen LogP contribution < -0.4 is 5.73 Å². The van der Waals surface area contributed by atoms with Gasteiger partial charge in [-0.05, 0) is 58.4 Å². The van der Waals surface area contributed by atoms with E-state index in [2.05, 4.69) is 28.8 Å². The molecular weight excluding hydrogens is 224 g/mol. The van der Waals surface area contributed by atoms with Crippen LogP contribution in [0.5, 0.6) is 0 Å². The van der Waals surface area contributed by atoms with Crippen molar-refractivity contribution in [3.8, 4) is 0 Å². The van der Waals surface area contributed by atoms with Crippen LogP contribution in [0.3, 0.4) is 0 Å². The number of hydrogen-bond donors (Lipinski definition) is 1. The normalized spacial score (nSPS) is 27.5. The first kappa shape index (κ1) is 14.3. The standard InChI is InChI=1S/C14H30N4/c1-16-5-3-13(4-6-16)14(11-15)12-18-9-7-17(2)8-10-18/h13-14H,3-12,15H2,1-2H3. The molecule has 1 atom stereocenters. The number of nitrogens with zero attached hydrogens (tertiary/aromatic N) is 3. The zero-order valence-electron chi connectivity index (χ0n) is 12.1. The molecule has 0 aromatic carbocycles. The average molecular weight is 254 g/mol. The van der Waals surface area contributed by atoms with Gasteiger partial charge in [-0.15, -0.1) is 0 Å². The minimum absolute atomic E-state index is 0.710. The molecule has 0 bridgehead atoms. The van der Waals surface area contributed by atoms with Crippen molar-refractivity contribution in [1.82, 2.24) is 14.7 Å². The van der Waals surface area contributed by atoms with Gasteiger partial charge in [0.1, 0.15) is 0 Å². The lowest BCUT2D eigenvalue weighted by atomic mass is 9.84. The van der Waals surface area contributed by atoms with Crippen LogP contribution in [0, 0.1) is 11.8 Å². The Bertz CT molecular complexity index is 230. The number of rotatable bonds is 4. The predicted octanol–water partition coefficient (Wildman–Crippen LogP) is 0.151. The number of nitrogens with two attached hydrogens (primary N) is 1. The summed E-state index contributed by atoms with van der Waals surface area (Å²) in [6.45, 7) is 9.46. The number of piperidine rings is 1. The fourth-order valence-corrected chi connectivity index (χ4v) is 3.28. The van der Waals surface area contributed by atoms with E-state index in [1.54, 1.807) is 0 Å². The van der Waals surface area contributed by atoms with Gasteiger partial charge in [0, 0.05) is 32.7 Å². The zero-order valence-corrected chi connectivity index (χ0v) is 12.1. The van der Waals surface area contributed by atoms with E-state index < -0.39 is 0 Å². The van der Waals surface area contributed by atoms with Gasteiger partial charge in [0.2, 0.25) is 0 Å². The first-order valence-electron chi connectivity index (χ1n) is 7.48. The molecule has 2 aliphatic heterocycles. The summed E-state index contributed by atoms with van der Waals surface area (Å²) in [6, 6.07) is 0. The average Bonchev–Trinajstić information content (AvgIpc) is 2.39. The summed E-state index contributed by atoms with van der Waals surface area (Å²) in [6.07, 6.45) is 2.68. The highest BCUT2D eigenvalue weighted by Gasteiger charge is 2.26. The van der Waals surface area contributed by atoms with Crippen molar-refractivity contribution in [3.05, 3.63) is 0 Å². The van der Waals surface area contributed by atoms with Gasteiger partial charge in [-0.25, -0.2) is 0 Å². The van der Waals surface area contributed by atoms with Crippen molar-refractivity contribution in [2.24, 2.45) is 17.6 Å². The van der Waals surface area contributed by atoms with E-state index in [0.717, 1.165) is 12.5 Å². The third kappa shape index (κ3) is 3.92. The highest BCUT2D eigenvalue weighted by Crippen LogP contribution is 2.25. The Hall–Kier alpha value is -0.160. The smallest absolute Gasteiger partial charge is 0.0110 e. The summed E-state index contributed by atoms with van der Waals surface area (Å²) in [7, 11) is 4.45. The second kappa shape index (κ2) is 6.85. The third-order valence-electron chi connectivity index (χ3n) is 4.82. The summed E-state index contributed by atoms with van der Waals surface area (Å²) < 4.78 is 0. The molecule has 106 valence electrons. The SMILES string of the molecule is CN1CCC(C(CN)CN2CCN(C)CC2)CC1. The molecule has 2 heterocycles. The molecule has 2 rings (SSSR count). The largest absolute Gasteiger partial charge is 0.330 e. The minimum atomic E-state index is 0.710. The lowest BCUT2D eigenvalue weighted by Gasteiger charge is -2.39. The molecule has 2 aliphatic rings. The molecular formula is C14H30N4. The molecule has 0 radical (unpaired) electrons. The van der Waals surface area contributed by atoms with Gasteiger partial charge in [-0.3, -0.25) is 0 Å². The van der Waals surface area contributed by atoms with E-state index in [4.69, 9.17) is 5.73 Å². The number of hydrogen-bond acceptors (Lipinski definition) is 4. The number of likely N-dealkylation sites (tertiary alicyclic amines) is 1. The van der Waals surface area contributed by atoms with Crippen LogP contribution >= 0.6 is 0 Å². The van der Waals surface area contributed by atoms with Crippen LogP contribution in [0.2, 0.25) is 0 Å². The van der Waals surface area contributed by atoms with E-state index >= 15 is 0 Å². The summed E-state index contributed by atoms with van der Waals surface area (Å²) in [4.78, 5) is 7.49. The summed E-state index contributed by atoms with van der Waals surface area (Å²) in [5, 5.41) is 0. The predicted molar refractivity (Wildman–Crippen MR) is 76.7 cm³/mol. The lowest BCUT2D eigenvalue weighted by molar-refractivity contribution is 0.101. The van der Waals surface area contributed by atoms with Crippen LogP contribution in [0.1, 0.15) is 12.8 Å². The summed E-state index contributed by atoms with van der Waals surface area (Å²) in [5.74, 6) is 1.56. The maximum atomic E-state index is 6.03. The number of likely N-dealkylation sites (N-methyl/N-ethyl adjacent to an activating group) is 1. The van der Waals surface area contributed by atoms with E-state index in [1.807, 2.05) is 0 Å². The van der Waals surface area contributed by atoms with Crippen LogP contribution in [0.4, 0.5) is 0 Å².